The van der Waals surface area contributed by atoms with Gasteiger partial charge in [0.2, 0.25) is 0 Å². The van der Waals surface area contributed by atoms with Crippen molar-refractivity contribution in [1.29, 1.82) is 0 Å². The van der Waals surface area contributed by atoms with Gasteiger partial charge < -0.3 is 0 Å². The maximum absolute atomic E-state index is 9.95. The lowest BCUT2D eigenvalue weighted by molar-refractivity contribution is 0.152. The van der Waals surface area contributed by atoms with Crippen molar-refractivity contribution in [2.45, 2.75) is 27.2 Å². The minimum Gasteiger partial charge on any atom is -0.237 e. The molecule has 43 valence electrons. The minimum absolute atomic E-state index is 0.0590. The molecule has 0 heterocycles. The fourth-order valence-corrected chi connectivity index (χ4v) is 0.306. The molecule has 0 aromatic carbocycles. The van der Waals surface area contributed by atoms with Gasteiger partial charge in [-0.1, -0.05) is 20.8 Å². The second kappa shape index (κ2) is 2.31. The molecule has 1 heteroatoms. The van der Waals surface area contributed by atoms with E-state index < -0.39 is 0 Å². The fourth-order valence-electron chi connectivity index (χ4n) is 0.306. The Labute approximate surface area is 45.4 Å². The van der Waals surface area contributed by atoms with Crippen LogP contribution in [0.3, 0.4) is 0 Å². The van der Waals surface area contributed by atoms with Crippen LogP contribution in [0.2, 0.25) is 0 Å². The van der Waals surface area contributed by atoms with E-state index in [1.165, 1.54) is 0 Å². The summed E-state index contributed by atoms with van der Waals surface area (Å²) >= 11 is 0. The lowest BCUT2D eigenvalue weighted by Gasteiger charge is -2.14. The maximum atomic E-state index is 9.95. The molecule has 0 aliphatic rings. The topological polar surface area (TPSA) is 19.9 Å². The molecule has 0 aromatic heterocycles. The highest BCUT2D eigenvalue weighted by Gasteiger charge is 2.07. The van der Waals surface area contributed by atoms with Crippen molar-refractivity contribution >= 4 is 0 Å². The van der Waals surface area contributed by atoms with E-state index in [1.54, 1.807) is 0 Å². The smallest absolute Gasteiger partial charge is 0.0827 e. The van der Waals surface area contributed by atoms with Crippen LogP contribution in [0.15, 0.2) is 0 Å². The first-order valence-electron chi connectivity index (χ1n) is 2.64. The van der Waals surface area contributed by atoms with Crippen LogP contribution < -0.4 is 0 Å². The predicted octanol–water partition coefficient (Wildman–Crippen LogP) is 1.85. The second-order valence-corrected chi connectivity index (χ2v) is 3.01. The second-order valence-electron chi connectivity index (χ2n) is 3.01. The van der Waals surface area contributed by atoms with Crippen LogP contribution in [-0.2, 0) is 5.11 Å². The van der Waals surface area contributed by atoms with Gasteiger partial charge in [0.25, 0.3) is 0 Å². The highest BCUT2D eigenvalue weighted by atomic mass is 16.3. The lowest BCUT2D eigenvalue weighted by Crippen LogP contribution is -2.05. The van der Waals surface area contributed by atoms with Gasteiger partial charge in [0.1, 0.15) is 0 Å². The van der Waals surface area contributed by atoms with Crippen LogP contribution in [0.1, 0.15) is 27.2 Å². The number of rotatable bonds is 1. The fraction of sp³-hybridized carbons (Fsp3) is 1.00. The van der Waals surface area contributed by atoms with E-state index in [-0.39, 0.29) is 12.0 Å². The SMILES string of the molecule is CC(C)(C)CC[O]. The van der Waals surface area contributed by atoms with E-state index in [9.17, 15) is 5.11 Å². The van der Waals surface area contributed by atoms with Gasteiger partial charge >= 0.3 is 0 Å². The molecule has 0 aromatic rings. The molecule has 0 rings (SSSR count). The van der Waals surface area contributed by atoms with Gasteiger partial charge in [-0.05, 0) is 11.8 Å². The first kappa shape index (κ1) is 6.96. The van der Waals surface area contributed by atoms with Crippen molar-refractivity contribution in [3.8, 4) is 0 Å². The van der Waals surface area contributed by atoms with Crippen molar-refractivity contribution in [3.63, 3.8) is 0 Å². The highest BCUT2D eigenvalue weighted by molar-refractivity contribution is 4.58. The largest absolute Gasteiger partial charge is 0.237 e. The summed E-state index contributed by atoms with van der Waals surface area (Å²) in [5.74, 6) is 0. The lowest BCUT2D eigenvalue weighted by atomic mass is 9.93. The molecule has 7 heavy (non-hydrogen) atoms. The third kappa shape index (κ3) is 5.96. The Morgan fingerprint density at radius 1 is 1.29 bits per heavy atom. The first-order valence-corrected chi connectivity index (χ1v) is 2.64. The van der Waals surface area contributed by atoms with Crippen LogP contribution in [0.5, 0.6) is 0 Å². The van der Waals surface area contributed by atoms with Crippen molar-refractivity contribution in [3.05, 3.63) is 0 Å². The van der Waals surface area contributed by atoms with Crippen molar-refractivity contribution < 1.29 is 5.11 Å². The van der Waals surface area contributed by atoms with Gasteiger partial charge in [0.05, 0.1) is 6.61 Å². The summed E-state index contributed by atoms with van der Waals surface area (Å²) in [5, 5.41) is 9.95. The Kier molecular flexibility index (Phi) is 2.30. The molecular formula is C6H13O. The van der Waals surface area contributed by atoms with Gasteiger partial charge in [-0.2, -0.15) is 0 Å². The average Bonchev–Trinajstić information content (AvgIpc) is 1.30. The Hall–Kier alpha value is -0.0400. The summed E-state index contributed by atoms with van der Waals surface area (Å²) in [5.41, 5.74) is 0.238. The monoisotopic (exact) mass is 101 g/mol. The molecule has 0 N–H and O–H groups in total. The molecule has 0 bridgehead atoms. The standard InChI is InChI=1S/C6H13O/c1-6(2,3)4-5-7/h4-5H2,1-3H3. The molecule has 0 saturated heterocycles. The Balaban J connectivity index is 3.15. The predicted molar refractivity (Wildman–Crippen MR) is 29.6 cm³/mol. The zero-order valence-corrected chi connectivity index (χ0v) is 5.32. The van der Waals surface area contributed by atoms with Gasteiger partial charge in [-0.15, -0.1) is 0 Å². The van der Waals surface area contributed by atoms with E-state index in [4.69, 9.17) is 0 Å². The van der Waals surface area contributed by atoms with Crippen LogP contribution >= 0.6 is 0 Å². The summed E-state index contributed by atoms with van der Waals surface area (Å²) in [6.45, 7) is 6.28. The zero-order valence-electron chi connectivity index (χ0n) is 5.32. The van der Waals surface area contributed by atoms with Crippen LogP contribution in [-0.4, -0.2) is 6.61 Å². The van der Waals surface area contributed by atoms with Crippen LogP contribution in [0.4, 0.5) is 0 Å². The van der Waals surface area contributed by atoms with Crippen molar-refractivity contribution in [1.82, 2.24) is 0 Å². The summed E-state index contributed by atoms with van der Waals surface area (Å²) < 4.78 is 0. The highest BCUT2D eigenvalue weighted by Crippen LogP contribution is 2.16. The van der Waals surface area contributed by atoms with E-state index >= 15 is 0 Å². The summed E-state index contributed by atoms with van der Waals surface area (Å²) in [6.07, 6.45) is 0.785. The number of hydrogen-bond acceptors (Lipinski definition) is 0. The molecular weight excluding hydrogens is 88.1 g/mol. The normalized spacial score (nSPS) is 12.0. The Morgan fingerprint density at radius 3 is 1.71 bits per heavy atom. The van der Waals surface area contributed by atoms with E-state index in [0.717, 1.165) is 6.42 Å². The molecule has 0 spiro atoms. The molecule has 1 nitrogen and oxygen atoms in total. The third-order valence-corrected chi connectivity index (χ3v) is 0.852. The molecule has 0 unspecified atom stereocenters. The first-order chi connectivity index (χ1) is 3.06. The van der Waals surface area contributed by atoms with Crippen LogP contribution in [0, 0.1) is 5.41 Å². The maximum Gasteiger partial charge on any atom is 0.0827 e. The van der Waals surface area contributed by atoms with E-state index in [2.05, 4.69) is 20.8 Å². The molecule has 1 radical (unpaired) electrons. The number of hydrogen-bond donors (Lipinski definition) is 0. The Bertz CT molecular complexity index is 42.6. The summed E-state index contributed by atoms with van der Waals surface area (Å²) in [6, 6.07) is 0. The van der Waals surface area contributed by atoms with E-state index in [1.807, 2.05) is 0 Å². The van der Waals surface area contributed by atoms with Gasteiger partial charge in [-0.3, -0.25) is 0 Å². The molecule has 0 saturated carbocycles. The van der Waals surface area contributed by atoms with Crippen LogP contribution in [0.25, 0.3) is 0 Å². The molecule has 0 amide bonds. The molecule has 0 fully saturated rings. The van der Waals surface area contributed by atoms with E-state index in [0.29, 0.717) is 0 Å². The molecule has 0 atom stereocenters. The van der Waals surface area contributed by atoms with Crippen molar-refractivity contribution in [2.75, 3.05) is 6.61 Å². The Morgan fingerprint density at radius 2 is 1.71 bits per heavy atom. The van der Waals surface area contributed by atoms with Gasteiger partial charge in [-0.25, -0.2) is 5.11 Å². The van der Waals surface area contributed by atoms with Gasteiger partial charge in [0.15, 0.2) is 0 Å². The quantitative estimate of drug-likeness (QED) is 0.480. The summed E-state index contributed by atoms with van der Waals surface area (Å²) in [4.78, 5) is 0. The van der Waals surface area contributed by atoms with Crippen molar-refractivity contribution in [2.24, 2.45) is 5.41 Å². The minimum atomic E-state index is 0.0590. The van der Waals surface area contributed by atoms with Gasteiger partial charge in [0, 0.05) is 0 Å². The third-order valence-electron chi connectivity index (χ3n) is 0.852. The summed E-state index contributed by atoms with van der Waals surface area (Å²) in [7, 11) is 0. The zero-order chi connectivity index (χ0) is 5.91. The average molecular weight is 101 g/mol. The molecule has 0 aliphatic carbocycles. The molecule has 0 aliphatic heterocycles.